The summed E-state index contributed by atoms with van der Waals surface area (Å²) in [5, 5.41) is 11.7. The van der Waals surface area contributed by atoms with Crippen LogP contribution >= 0.6 is 0 Å². The van der Waals surface area contributed by atoms with Gasteiger partial charge in [-0.15, -0.1) is 0 Å². The van der Waals surface area contributed by atoms with Crippen LogP contribution in [0.1, 0.15) is 35.9 Å². The summed E-state index contributed by atoms with van der Waals surface area (Å²) in [5.74, 6) is 1.20. The van der Waals surface area contributed by atoms with Gasteiger partial charge >= 0.3 is 6.03 Å². The molecular weight excluding hydrogens is 374 g/mol. The number of rotatable bonds is 6. The van der Waals surface area contributed by atoms with Gasteiger partial charge in [0.15, 0.2) is 0 Å². The summed E-state index contributed by atoms with van der Waals surface area (Å²) >= 11 is 0. The van der Waals surface area contributed by atoms with Crippen molar-refractivity contribution in [3.63, 3.8) is 0 Å². The number of urea groups is 1. The van der Waals surface area contributed by atoms with Crippen LogP contribution in [-0.2, 0) is 0 Å². The Hall–Kier alpha value is -3.88. The molecule has 0 spiro atoms. The number of nitrogens with one attached hydrogen (secondary N) is 3. The van der Waals surface area contributed by atoms with Gasteiger partial charge in [-0.2, -0.15) is 0 Å². The minimum Gasteiger partial charge on any atom is -0.457 e. The lowest BCUT2D eigenvalue weighted by molar-refractivity contribution is 0.0958. The largest absolute Gasteiger partial charge is 0.457 e. The normalized spacial score (nSPS) is 10.5. The van der Waals surface area contributed by atoms with E-state index in [1.807, 2.05) is 13.8 Å². The van der Waals surface area contributed by atoms with Crippen molar-refractivity contribution in [3.05, 3.63) is 60.0 Å². The van der Waals surface area contributed by atoms with Gasteiger partial charge in [0.2, 0.25) is 5.88 Å². The molecule has 150 valence electrons. The Balaban J connectivity index is 1.58. The molecule has 1 aromatic carbocycles. The minimum absolute atomic E-state index is 0.206. The Kier molecular flexibility index (Phi) is 6.08. The maximum atomic E-state index is 12.1. The van der Waals surface area contributed by atoms with Gasteiger partial charge in [-0.05, 0) is 36.2 Å². The molecule has 0 saturated heterocycles. The van der Waals surface area contributed by atoms with Gasteiger partial charge in [-0.1, -0.05) is 19.0 Å². The third kappa shape index (κ3) is 5.32. The second-order valence-electron chi connectivity index (χ2n) is 6.43. The van der Waals surface area contributed by atoms with Crippen LogP contribution in [0.4, 0.5) is 16.4 Å². The summed E-state index contributed by atoms with van der Waals surface area (Å²) in [6.45, 7) is 3.97. The van der Waals surface area contributed by atoms with Crippen molar-refractivity contribution < 1.29 is 18.8 Å². The molecule has 0 fully saturated rings. The number of benzene rings is 1. The lowest BCUT2D eigenvalue weighted by atomic mass is 10.1. The van der Waals surface area contributed by atoms with E-state index in [1.54, 1.807) is 42.5 Å². The summed E-state index contributed by atoms with van der Waals surface area (Å²) in [4.78, 5) is 27.7. The second kappa shape index (κ2) is 8.87. The number of pyridine rings is 1. The Bertz CT molecular complexity index is 998. The smallest absolute Gasteiger partial charge is 0.326 e. The highest BCUT2D eigenvalue weighted by Crippen LogP contribution is 2.23. The van der Waals surface area contributed by atoms with E-state index >= 15 is 0 Å². The molecule has 3 aromatic rings. The van der Waals surface area contributed by atoms with Gasteiger partial charge in [-0.3, -0.25) is 15.1 Å². The molecule has 3 amide bonds. The van der Waals surface area contributed by atoms with Gasteiger partial charge in [0.05, 0.1) is 5.69 Å². The highest BCUT2D eigenvalue weighted by molar-refractivity contribution is 5.98. The zero-order valence-corrected chi connectivity index (χ0v) is 16.2. The van der Waals surface area contributed by atoms with Gasteiger partial charge in [-0.25, -0.2) is 4.79 Å². The molecule has 2 heterocycles. The Labute approximate surface area is 167 Å². The van der Waals surface area contributed by atoms with Gasteiger partial charge in [0, 0.05) is 31.1 Å². The van der Waals surface area contributed by atoms with Gasteiger partial charge in [0.1, 0.15) is 17.2 Å². The van der Waals surface area contributed by atoms with Crippen LogP contribution in [0, 0.1) is 0 Å². The van der Waals surface area contributed by atoms with E-state index in [0.29, 0.717) is 17.2 Å². The molecule has 2 aromatic heterocycles. The van der Waals surface area contributed by atoms with E-state index in [2.05, 4.69) is 26.1 Å². The van der Waals surface area contributed by atoms with Crippen molar-refractivity contribution in [1.82, 2.24) is 15.5 Å². The van der Waals surface area contributed by atoms with E-state index < -0.39 is 6.03 Å². The minimum atomic E-state index is -0.450. The van der Waals surface area contributed by atoms with E-state index in [1.165, 1.54) is 13.2 Å². The molecular formula is C20H21N5O4. The molecule has 29 heavy (non-hydrogen) atoms. The summed E-state index contributed by atoms with van der Waals surface area (Å²) in [5.41, 5.74) is 1.59. The van der Waals surface area contributed by atoms with E-state index in [0.717, 1.165) is 5.69 Å². The first kappa shape index (κ1) is 19.9. The van der Waals surface area contributed by atoms with Crippen molar-refractivity contribution >= 4 is 23.5 Å². The van der Waals surface area contributed by atoms with E-state index in [9.17, 15) is 9.59 Å². The van der Waals surface area contributed by atoms with Crippen molar-refractivity contribution in [3.8, 4) is 11.5 Å². The van der Waals surface area contributed by atoms with Gasteiger partial charge < -0.3 is 19.9 Å². The SMILES string of the molecule is CNC(=O)c1cc(Oc2ccc(NC(=O)Nc3cc(C(C)C)no3)cc2)ccn1. The third-order valence-electron chi connectivity index (χ3n) is 3.90. The van der Waals surface area contributed by atoms with Crippen LogP contribution in [0.25, 0.3) is 0 Å². The Morgan fingerprint density at radius 2 is 1.79 bits per heavy atom. The number of anilines is 2. The molecule has 0 unspecified atom stereocenters. The van der Waals surface area contributed by atoms with E-state index in [4.69, 9.17) is 9.26 Å². The maximum Gasteiger partial charge on any atom is 0.326 e. The molecule has 0 saturated carbocycles. The fraction of sp³-hybridized carbons (Fsp3) is 0.200. The highest BCUT2D eigenvalue weighted by Gasteiger charge is 2.11. The molecule has 3 N–H and O–H groups in total. The monoisotopic (exact) mass is 395 g/mol. The standard InChI is InChI=1S/C20H21N5O4/c1-12(2)16-11-18(29-25-16)24-20(27)23-13-4-6-14(7-5-13)28-15-8-9-22-17(10-15)19(26)21-3/h4-12H,1-3H3,(H,21,26)(H2,23,24,27). The topological polar surface area (TPSA) is 118 Å². The molecule has 0 aliphatic carbocycles. The Morgan fingerprint density at radius 1 is 1.03 bits per heavy atom. The van der Waals surface area contributed by atoms with Crippen LogP contribution in [0.5, 0.6) is 11.5 Å². The first-order chi connectivity index (χ1) is 13.9. The quantitative estimate of drug-likeness (QED) is 0.581. The summed E-state index contributed by atoms with van der Waals surface area (Å²) in [6.07, 6.45) is 1.49. The lowest BCUT2D eigenvalue weighted by Crippen LogP contribution is -2.19. The summed E-state index contributed by atoms with van der Waals surface area (Å²) < 4.78 is 10.8. The van der Waals surface area contributed by atoms with Crippen LogP contribution in [0.2, 0.25) is 0 Å². The number of carbonyl (C=O) groups excluding carboxylic acids is 2. The molecule has 0 radical (unpaired) electrons. The predicted molar refractivity (Wildman–Crippen MR) is 107 cm³/mol. The molecule has 0 aliphatic heterocycles. The molecule has 0 bridgehead atoms. The number of nitrogens with zero attached hydrogens (tertiary/aromatic N) is 2. The van der Waals surface area contributed by atoms with Crippen molar-refractivity contribution in [2.24, 2.45) is 0 Å². The number of carbonyl (C=O) groups is 2. The number of ether oxygens (including phenoxy) is 1. The van der Waals surface area contributed by atoms with Crippen LogP contribution in [0.3, 0.4) is 0 Å². The number of hydrogen-bond acceptors (Lipinski definition) is 6. The molecule has 3 rings (SSSR count). The number of hydrogen-bond donors (Lipinski definition) is 3. The zero-order valence-electron chi connectivity index (χ0n) is 16.2. The Morgan fingerprint density at radius 3 is 2.45 bits per heavy atom. The molecule has 0 aliphatic rings. The highest BCUT2D eigenvalue weighted by atomic mass is 16.5. The summed E-state index contributed by atoms with van der Waals surface area (Å²) in [7, 11) is 1.53. The van der Waals surface area contributed by atoms with E-state index in [-0.39, 0.29) is 23.4 Å². The first-order valence-electron chi connectivity index (χ1n) is 8.95. The average Bonchev–Trinajstić information content (AvgIpc) is 3.18. The van der Waals surface area contributed by atoms with Crippen LogP contribution in [-0.4, -0.2) is 29.1 Å². The lowest BCUT2D eigenvalue weighted by Gasteiger charge is -2.09. The zero-order chi connectivity index (χ0) is 20.8. The van der Waals surface area contributed by atoms with Crippen LogP contribution in [0.15, 0.2) is 53.2 Å². The second-order valence-corrected chi connectivity index (χ2v) is 6.43. The first-order valence-corrected chi connectivity index (χ1v) is 8.95. The van der Waals surface area contributed by atoms with Crippen molar-refractivity contribution in [2.45, 2.75) is 19.8 Å². The fourth-order valence-corrected chi connectivity index (χ4v) is 2.36. The summed E-state index contributed by atoms with van der Waals surface area (Å²) in [6, 6.07) is 11.2. The molecule has 0 atom stereocenters. The fourth-order valence-electron chi connectivity index (χ4n) is 2.36. The molecule has 9 heteroatoms. The van der Waals surface area contributed by atoms with Gasteiger partial charge in [0.25, 0.3) is 5.91 Å². The number of aromatic nitrogens is 2. The number of amides is 3. The predicted octanol–water partition coefficient (Wildman–Crippen LogP) is 3.99. The third-order valence-corrected chi connectivity index (χ3v) is 3.90. The maximum absolute atomic E-state index is 12.1. The average molecular weight is 395 g/mol. The van der Waals surface area contributed by atoms with Crippen molar-refractivity contribution in [2.75, 3.05) is 17.7 Å². The van der Waals surface area contributed by atoms with Crippen molar-refractivity contribution in [1.29, 1.82) is 0 Å². The van der Waals surface area contributed by atoms with Crippen LogP contribution < -0.4 is 20.7 Å². The molecule has 9 nitrogen and oxygen atoms in total.